The van der Waals surface area contributed by atoms with E-state index in [4.69, 9.17) is 9.72 Å². The normalized spacial score (nSPS) is 23.3. The van der Waals surface area contributed by atoms with Crippen molar-refractivity contribution in [3.8, 4) is 23.1 Å². The summed E-state index contributed by atoms with van der Waals surface area (Å²) in [5.74, 6) is -1.75. The fraction of sp³-hybridized carbons (Fsp3) is 0.472. The summed E-state index contributed by atoms with van der Waals surface area (Å²) in [5, 5.41) is 11.1. The summed E-state index contributed by atoms with van der Waals surface area (Å²) in [6, 6.07) is 11.5. The van der Waals surface area contributed by atoms with Gasteiger partial charge >= 0.3 is 0 Å². The lowest BCUT2D eigenvalue weighted by atomic mass is 9.85. The number of nitrogens with zero attached hydrogens (tertiary/aromatic N) is 5. The van der Waals surface area contributed by atoms with Crippen LogP contribution in [0.3, 0.4) is 0 Å². The van der Waals surface area contributed by atoms with Crippen LogP contribution in [0.4, 0.5) is 14.5 Å². The number of anilines is 1. The Kier molecular flexibility index (Phi) is 6.83. The third-order valence-corrected chi connectivity index (χ3v) is 11.2. The molecule has 0 unspecified atom stereocenters. The fourth-order valence-electron chi connectivity index (χ4n) is 8.94. The van der Waals surface area contributed by atoms with Crippen LogP contribution in [-0.4, -0.2) is 71.1 Å². The van der Waals surface area contributed by atoms with E-state index in [2.05, 4.69) is 28.5 Å². The van der Waals surface area contributed by atoms with Crippen LogP contribution < -0.4 is 9.64 Å². The molecule has 9 heteroatoms. The first kappa shape index (κ1) is 28.4. The topological polar surface area (TPSA) is 72.7 Å². The predicted octanol–water partition coefficient (Wildman–Crippen LogP) is 6.07. The second-order valence-electron chi connectivity index (χ2n) is 13.4. The molecule has 1 amide bonds. The average molecular weight is 610 g/mol. The Balaban J connectivity index is 1.24. The second-order valence-corrected chi connectivity index (χ2v) is 13.4. The second kappa shape index (κ2) is 10.8. The van der Waals surface area contributed by atoms with E-state index in [1.54, 1.807) is 0 Å². The molecule has 0 spiro atoms. The van der Waals surface area contributed by atoms with Crippen molar-refractivity contribution in [3.05, 3.63) is 65.2 Å². The highest BCUT2D eigenvalue weighted by Crippen LogP contribution is 2.46. The van der Waals surface area contributed by atoms with E-state index in [1.807, 2.05) is 18.2 Å². The number of halogens is 2. The summed E-state index contributed by atoms with van der Waals surface area (Å²) in [7, 11) is 0. The van der Waals surface area contributed by atoms with E-state index in [1.165, 1.54) is 22.1 Å². The van der Waals surface area contributed by atoms with Crippen LogP contribution in [0.2, 0.25) is 0 Å². The number of likely N-dealkylation sites (tertiary alicyclic amines) is 1. The van der Waals surface area contributed by atoms with Crippen LogP contribution >= 0.6 is 0 Å². The zero-order chi connectivity index (χ0) is 30.9. The van der Waals surface area contributed by atoms with Crippen molar-refractivity contribution >= 4 is 22.5 Å². The lowest BCUT2D eigenvalue weighted by Crippen LogP contribution is -2.63. The third kappa shape index (κ3) is 4.44. The van der Waals surface area contributed by atoms with Crippen molar-refractivity contribution in [1.29, 1.82) is 5.26 Å². The van der Waals surface area contributed by atoms with E-state index in [9.17, 15) is 14.4 Å². The number of benzene rings is 2. The van der Waals surface area contributed by atoms with Crippen molar-refractivity contribution in [2.45, 2.75) is 75.4 Å². The van der Waals surface area contributed by atoms with Crippen molar-refractivity contribution in [2.75, 3.05) is 37.7 Å². The van der Waals surface area contributed by atoms with Crippen LogP contribution in [-0.2, 0) is 17.6 Å². The Morgan fingerprint density at radius 1 is 1.09 bits per heavy atom. The Morgan fingerprint density at radius 3 is 2.67 bits per heavy atom. The van der Waals surface area contributed by atoms with Crippen molar-refractivity contribution in [2.24, 2.45) is 0 Å². The van der Waals surface area contributed by atoms with Gasteiger partial charge in [-0.1, -0.05) is 24.8 Å². The van der Waals surface area contributed by atoms with E-state index in [-0.39, 0.29) is 34.9 Å². The van der Waals surface area contributed by atoms with Crippen LogP contribution in [0.25, 0.3) is 22.0 Å². The van der Waals surface area contributed by atoms with Gasteiger partial charge in [-0.2, -0.15) is 5.26 Å². The van der Waals surface area contributed by atoms with Gasteiger partial charge in [-0.3, -0.25) is 9.69 Å². The van der Waals surface area contributed by atoms with Gasteiger partial charge in [0.15, 0.2) is 5.83 Å². The van der Waals surface area contributed by atoms with Gasteiger partial charge < -0.3 is 14.5 Å². The largest absolute Gasteiger partial charge is 0.475 e. The van der Waals surface area contributed by atoms with Gasteiger partial charge in [-0.15, -0.1) is 0 Å². The predicted molar refractivity (Wildman–Crippen MR) is 168 cm³/mol. The van der Waals surface area contributed by atoms with Gasteiger partial charge in [-0.05, 0) is 99.7 Å². The molecule has 1 aromatic heterocycles. The number of hydrogen-bond acceptors (Lipinski definition) is 6. The number of nitriles is 1. The number of hydrogen-bond donors (Lipinski definition) is 0. The molecule has 0 N–H and O–H groups in total. The number of carbonyl (C=O) groups is 1. The summed E-state index contributed by atoms with van der Waals surface area (Å²) in [5.41, 5.74) is 5.27. The van der Waals surface area contributed by atoms with E-state index >= 15 is 4.39 Å². The molecule has 1 aliphatic carbocycles. The molecule has 4 saturated heterocycles. The molecule has 2 aromatic carbocycles. The molecule has 2 atom stereocenters. The van der Waals surface area contributed by atoms with E-state index in [0.29, 0.717) is 48.3 Å². The molecule has 5 heterocycles. The number of pyridine rings is 1. The lowest BCUT2D eigenvalue weighted by Gasteiger charge is -2.48. The highest BCUT2D eigenvalue weighted by molar-refractivity contribution is 5.99. The van der Waals surface area contributed by atoms with Gasteiger partial charge in [-0.25, -0.2) is 13.8 Å². The zero-order valence-electron chi connectivity index (χ0n) is 25.5. The van der Waals surface area contributed by atoms with Crippen LogP contribution in [0.5, 0.6) is 5.88 Å². The number of rotatable bonds is 6. The highest BCUT2D eigenvalue weighted by atomic mass is 19.1. The number of aromatic nitrogens is 1. The Morgan fingerprint density at radius 2 is 1.89 bits per heavy atom. The molecule has 8 rings (SSSR count). The quantitative estimate of drug-likeness (QED) is 0.316. The maximum atomic E-state index is 16.2. The maximum absolute atomic E-state index is 16.2. The van der Waals surface area contributed by atoms with Crippen molar-refractivity contribution in [3.63, 3.8) is 0 Å². The highest BCUT2D eigenvalue weighted by Gasteiger charge is 2.51. The monoisotopic (exact) mass is 609 g/mol. The number of ether oxygens (including phenoxy) is 1. The summed E-state index contributed by atoms with van der Waals surface area (Å²) < 4.78 is 36.6. The zero-order valence-corrected chi connectivity index (χ0v) is 25.5. The maximum Gasteiger partial charge on any atom is 0.282 e. The molecule has 45 heavy (non-hydrogen) atoms. The van der Waals surface area contributed by atoms with Crippen molar-refractivity contribution < 1.29 is 18.3 Å². The number of aryl methyl sites for hydroxylation is 1. The van der Waals surface area contributed by atoms with E-state index < -0.39 is 11.7 Å². The summed E-state index contributed by atoms with van der Waals surface area (Å²) in [6.45, 7) is 6.58. The molecule has 3 aromatic rings. The molecule has 0 bridgehead atoms. The third-order valence-electron chi connectivity index (χ3n) is 11.2. The first-order chi connectivity index (χ1) is 21.9. The van der Waals surface area contributed by atoms with Crippen molar-refractivity contribution in [1.82, 2.24) is 14.8 Å². The van der Waals surface area contributed by atoms with E-state index in [0.717, 1.165) is 70.0 Å². The molecule has 5 aliphatic rings. The summed E-state index contributed by atoms with van der Waals surface area (Å²) >= 11 is 0. The molecule has 0 radical (unpaired) electrons. The standard InChI is InChI=1S/C36H37F2N5O2/c1-22(37)35(44)42-16-11-31-32(42)20-43(31)33-27-17-29(38)26(25-10-4-8-23-7-2-3-9-24(23)25)18-30(27)40-34(28(33)19-39)45-21-36-12-5-14-41(36)15-6-13-36/h4,8,10,17-18,31-32H,1-3,5-7,9,11-16,20-21H2/t31-,32-/m1/s1. The minimum Gasteiger partial charge on any atom is -0.475 e. The lowest BCUT2D eigenvalue weighted by molar-refractivity contribution is -0.130. The number of fused-ring (bicyclic) bond motifs is 4. The summed E-state index contributed by atoms with van der Waals surface area (Å²) in [6.07, 6.45) is 9.12. The number of amides is 1. The average Bonchev–Trinajstić information content (AvgIpc) is 3.72. The van der Waals surface area contributed by atoms with Crippen LogP contribution in [0.1, 0.15) is 61.6 Å². The van der Waals surface area contributed by atoms with Gasteiger partial charge in [0.25, 0.3) is 5.91 Å². The minimum atomic E-state index is -0.971. The molecule has 7 nitrogen and oxygen atoms in total. The molecular formula is C36H37F2N5O2. The number of carbonyl (C=O) groups excluding carboxylic acids is 1. The van der Waals surface area contributed by atoms with Gasteiger partial charge in [0.05, 0.1) is 28.8 Å². The fourth-order valence-corrected chi connectivity index (χ4v) is 8.94. The van der Waals surface area contributed by atoms with Gasteiger partial charge in [0.2, 0.25) is 5.88 Å². The first-order valence-corrected chi connectivity index (χ1v) is 16.4. The molecule has 4 fully saturated rings. The molecule has 4 aliphatic heterocycles. The summed E-state index contributed by atoms with van der Waals surface area (Å²) in [4.78, 5) is 23.5. The Hall–Kier alpha value is -4.03. The van der Waals surface area contributed by atoms with Crippen LogP contribution in [0, 0.1) is 17.1 Å². The molecular weight excluding hydrogens is 572 g/mol. The minimum absolute atomic E-state index is 0.0382. The van der Waals surface area contributed by atoms with Gasteiger partial charge in [0, 0.05) is 24.0 Å². The van der Waals surface area contributed by atoms with Gasteiger partial charge in [0.1, 0.15) is 24.1 Å². The SMILES string of the molecule is C=C(F)C(=O)N1CC[C@@H]2[C@H]1CN2c1c(C#N)c(OCC23CCCN2CCC3)nc2cc(-c3cccc4c3CCCC4)c(F)cc12. The smallest absolute Gasteiger partial charge is 0.282 e. The Bertz CT molecular complexity index is 1770. The molecule has 0 saturated carbocycles. The first-order valence-electron chi connectivity index (χ1n) is 16.4. The Labute approximate surface area is 262 Å². The van der Waals surface area contributed by atoms with Crippen LogP contribution in [0.15, 0.2) is 42.7 Å². The molecule has 232 valence electrons.